The number of hydrogen-bond acceptors (Lipinski definition) is 3. The molecule has 0 saturated heterocycles. The summed E-state index contributed by atoms with van der Waals surface area (Å²) in [6.45, 7) is 9.45. The summed E-state index contributed by atoms with van der Waals surface area (Å²) in [6.07, 6.45) is 0. The number of para-hydroxylation sites is 5. The first-order chi connectivity index (χ1) is 46.6. The molecule has 0 amide bonds. The number of furan rings is 1. The second-order valence-electron chi connectivity index (χ2n) is 27.3. The molecule has 2 aliphatic carbocycles. The maximum atomic E-state index is 6.29. The van der Waals surface area contributed by atoms with Gasteiger partial charge in [0.1, 0.15) is 22.8 Å². The van der Waals surface area contributed by atoms with Crippen molar-refractivity contribution in [2.24, 2.45) is 0 Å². The summed E-state index contributed by atoms with van der Waals surface area (Å²) in [4.78, 5) is 11.7. The molecular formula is C88H58N6O. The molecule has 0 N–H and O–H groups in total. The van der Waals surface area contributed by atoms with Gasteiger partial charge in [-0.3, -0.25) is 13.7 Å². The van der Waals surface area contributed by atoms with E-state index in [1.165, 1.54) is 82.8 Å². The number of nitrogens with zero attached hydrogens (tertiary/aromatic N) is 6. The lowest BCUT2D eigenvalue weighted by Crippen LogP contribution is -2.15. The van der Waals surface area contributed by atoms with Crippen LogP contribution in [0.25, 0.3) is 177 Å². The molecule has 446 valence electrons. The van der Waals surface area contributed by atoms with Crippen molar-refractivity contribution in [3.8, 4) is 67.8 Å². The van der Waals surface area contributed by atoms with Crippen molar-refractivity contribution in [3.63, 3.8) is 0 Å². The third-order valence-electron chi connectivity index (χ3n) is 21.6. The first kappa shape index (κ1) is 52.6. The van der Waals surface area contributed by atoms with Crippen LogP contribution in [-0.4, -0.2) is 28.2 Å². The highest BCUT2D eigenvalue weighted by atomic mass is 16.3. The van der Waals surface area contributed by atoms with Crippen LogP contribution in [0.1, 0.15) is 49.9 Å². The summed E-state index contributed by atoms with van der Waals surface area (Å²) >= 11 is 0. The summed E-state index contributed by atoms with van der Waals surface area (Å²) in [6, 6.07) is 103. The van der Waals surface area contributed by atoms with E-state index in [2.05, 4.69) is 313 Å². The zero-order valence-electron chi connectivity index (χ0n) is 52.6. The lowest BCUT2D eigenvalue weighted by atomic mass is 9.82. The van der Waals surface area contributed by atoms with Gasteiger partial charge in [0, 0.05) is 76.4 Å². The van der Waals surface area contributed by atoms with E-state index in [0.29, 0.717) is 5.95 Å². The third-order valence-corrected chi connectivity index (χ3v) is 21.6. The topological polar surface area (TPSA) is 58.6 Å². The highest BCUT2D eigenvalue weighted by molar-refractivity contribution is 6.16. The lowest BCUT2D eigenvalue weighted by Gasteiger charge is -2.22. The van der Waals surface area contributed by atoms with E-state index in [0.717, 1.165) is 110 Å². The molecule has 7 nitrogen and oxygen atoms in total. The molecule has 19 aromatic rings. The number of aromatic nitrogens is 6. The average molecular weight is 1220 g/mol. The molecule has 0 radical (unpaired) electrons. The summed E-state index contributed by atoms with van der Waals surface area (Å²) in [7, 11) is 0. The quantitative estimate of drug-likeness (QED) is 0.167. The van der Waals surface area contributed by atoms with Gasteiger partial charge >= 0.3 is 0 Å². The zero-order chi connectivity index (χ0) is 62.7. The van der Waals surface area contributed by atoms with Crippen LogP contribution in [0.3, 0.4) is 0 Å². The van der Waals surface area contributed by atoms with E-state index in [4.69, 9.17) is 14.4 Å². The van der Waals surface area contributed by atoms with Crippen LogP contribution in [0.5, 0.6) is 0 Å². The minimum absolute atomic E-state index is 0.112. The van der Waals surface area contributed by atoms with Gasteiger partial charge in [0.05, 0.1) is 44.1 Å². The predicted octanol–water partition coefficient (Wildman–Crippen LogP) is 22.7. The molecule has 0 unspecified atom stereocenters. The van der Waals surface area contributed by atoms with Crippen LogP contribution >= 0.6 is 0 Å². The Hall–Kier alpha value is -12.1. The SMILES string of the molecule is CC1(C)c2ccccc2-c2ccc(-n3c4ccccc4c4cc(-c5ccc6c(c5)c5ccccc5n6-c5cc(-n6c7ccccc7c7cc8c(cc76)C(C)(C)c6ccccc6-8)nc(-n6c7ccccc7c7cc(-c8ccc9oc%10ccccc%10c9c8)ccc76)n5)ccc43)cc21. The van der Waals surface area contributed by atoms with E-state index in [-0.39, 0.29) is 10.8 Å². The van der Waals surface area contributed by atoms with Gasteiger partial charge < -0.3 is 8.98 Å². The molecule has 6 heterocycles. The van der Waals surface area contributed by atoms with E-state index in [1.54, 1.807) is 0 Å². The Bertz CT molecular complexity index is 6610. The number of rotatable bonds is 6. The van der Waals surface area contributed by atoms with Gasteiger partial charge in [0.25, 0.3) is 0 Å². The first-order valence-corrected chi connectivity index (χ1v) is 32.9. The van der Waals surface area contributed by atoms with Gasteiger partial charge in [-0.1, -0.05) is 198 Å². The Morgan fingerprint density at radius 2 is 0.642 bits per heavy atom. The predicted molar refractivity (Wildman–Crippen MR) is 393 cm³/mol. The van der Waals surface area contributed by atoms with E-state index >= 15 is 0 Å². The number of benzene rings is 13. The molecule has 13 aromatic carbocycles. The molecule has 2 aliphatic rings. The van der Waals surface area contributed by atoms with Gasteiger partial charge in [0.15, 0.2) is 0 Å². The molecule has 0 aliphatic heterocycles. The third kappa shape index (κ3) is 7.19. The van der Waals surface area contributed by atoms with Gasteiger partial charge in [-0.25, -0.2) is 0 Å². The van der Waals surface area contributed by atoms with Crippen LogP contribution in [0.15, 0.2) is 283 Å². The Labute approximate surface area is 546 Å². The van der Waals surface area contributed by atoms with Gasteiger partial charge in [0.2, 0.25) is 5.95 Å². The van der Waals surface area contributed by atoms with Crippen molar-refractivity contribution in [2.45, 2.75) is 38.5 Å². The van der Waals surface area contributed by atoms with E-state index < -0.39 is 0 Å². The van der Waals surface area contributed by atoms with Crippen LogP contribution in [0.4, 0.5) is 0 Å². The van der Waals surface area contributed by atoms with Crippen molar-refractivity contribution in [3.05, 3.63) is 301 Å². The maximum Gasteiger partial charge on any atom is 0.238 e. The molecular weight excluding hydrogens is 1160 g/mol. The van der Waals surface area contributed by atoms with E-state index in [1.807, 2.05) is 12.1 Å². The molecule has 0 fully saturated rings. The Kier molecular flexibility index (Phi) is 10.4. The molecule has 95 heavy (non-hydrogen) atoms. The van der Waals surface area contributed by atoms with Crippen LogP contribution in [0, 0.1) is 0 Å². The summed E-state index contributed by atoms with van der Waals surface area (Å²) < 4.78 is 15.8. The monoisotopic (exact) mass is 1210 g/mol. The lowest BCUT2D eigenvalue weighted by molar-refractivity contribution is 0.660. The van der Waals surface area contributed by atoms with Crippen LogP contribution in [0.2, 0.25) is 0 Å². The molecule has 0 bridgehead atoms. The minimum atomic E-state index is -0.218. The fourth-order valence-electron chi connectivity index (χ4n) is 17.1. The molecule has 7 heteroatoms. The molecule has 0 spiro atoms. The highest BCUT2D eigenvalue weighted by Gasteiger charge is 2.38. The Morgan fingerprint density at radius 1 is 0.253 bits per heavy atom. The van der Waals surface area contributed by atoms with Crippen molar-refractivity contribution in [2.75, 3.05) is 0 Å². The van der Waals surface area contributed by atoms with E-state index in [9.17, 15) is 0 Å². The summed E-state index contributed by atoms with van der Waals surface area (Å²) in [5.74, 6) is 2.11. The Morgan fingerprint density at radius 3 is 1.22 bits per heavy atom. The highest BCUT2D eigenvalue weighted by Crippen LogP contribution is 2.53. The number of fused-ring (bicyclic) bond motifs is 21. The van der Waals surface area contributed by atoms with Crippen molar-refractivity contribution < 1.29 is 4.42 Å². The van der Waals surface area contributed by atoms with Gasteiger partial charge in [-0.2, -0.15) is 9.97 Å². The van der Waals surface area contributed by atoms with Gasteiger partial charge in [-0.15, -0.1) is 0 Å². The number of hydrogen-bond donors (Lipinski definition) is 0. The standard InChI is InChI=1S/C88H58N6O/c1-87(2)70-26-12-5-19-56(70)58-38-37-55(47-72(58)87)91-74-28-14-7-21-59(74)65-43-51(33-39-78(65)91)52-34-40-79-66(44-52)60-22-8-15-29-75(60)92(79)84-50-85(93-76-30-16-9-24-62(76)68-48-64-57-20-6-13-27-71(57)88(3,4)73(64)49-81(68)93)90-86(89-84)94-77-31-17-10-23-61(77)67-45-53(35-41-80(67)94)54-36-42-83-69(46-54)63-25-11-18-32-82(63)95-83/h5-50H,1-4H3. The fourth-order valence-corrected chi connectivity index (χ4v) is 17.1. The Balaban J connectivity index is 0.769. The van der Waals surface area contributed by atoms with Crippen molar-refractivity contribution in [1.29, 1.82) is 0 Å². The average Bonchev–Trinajstić information content (AvgIpc) is 1.56. The fraction of sp³-hybridized carbons (Fsp3) is 0.0682. The summed E-state index contributed by atoms with van der Waals surface area (Å²) in [5.41, 5.74) is 26.5. The van der Waals surface area contributed by atoms with Crippen LogP contribution < -0.4 is 0 Å². The smallest absolute Gasteiger partial charge is 0.238 e. The zero-order valence-corrected chi connectivity index (χ0v) is 52.6. The molecule has 0 saturated carbocycles. The second kappa shape index (κ2) is 18.8. The van der Waals surface area contributed by atoms with Crippen LogP contribution in [-0.2, 0) is 10.8 Å². The van der Waals surface area contributed by atoms with Gasteiger partial charge in [-0.05, 0) is 170 Å². The largest absolute Gasteiger partial charge is 0.456 e. The summed E-state index contributed by atoms with van der Waals surface area (Å²) in [5, 5.41) is 11.5. The normalized spacial score (nSPS) is 13.9. The second-order valence-corrected chi connectivity index (χ2v) is 27.3. The first-order valence-electron chi connectivity index (χ1n) is 32.9. The maximum absolute atomic E-state index is 6.29. The minimum Gasteiger partial charge on any atom is -0.456 e. The molecule has 21 rings (SSSR count). The molecule has 0 atom stereocenters. The molecule has 6 aromatic heterocycles. The van der Waals surface area contributed by atoms with Crippen molar-refractivity contribution in [1.82, 2.24) is 28.2 Å². The van der Waals surface area contributed by atoms with Crippen molar-refractivity contribution >= 4 is 109 Å².